The fourth-order valence-corrected chi connectivity index (χ4v) is 5.23. The van der Waals surface area contributed by atoms with Gasteiger partial charge in [-0.1, -0.05) is 12.1 Å². The number of piperidine rings is 1. The van der Waals surface area contributed by atoms with Crippen LogP contribution in [-0.2, 0) is 19.5 Å². The molecule has 1 N–H and O–H groups in total. The Kier molecular flexibility index (Phi) is 5.65. The molecule has 0 saturated carbocycles. The van der Waals surface area contributed by atoms with Crippen LogP contribution < -0.4 is 5.56 Å². The van der Waals surface area contributed by atoms with E-state index in [1.807, 2.05) is 29.8 Å². The maximum absolute atomic E-state index is 12.9. The first kappa shape index (κ1) is 20.1. The Morgan fingerprint density at radius 2 is 2.19 bits per heavy atom. The lowest BCUT2D eigenvalue weighted by Crippen LogP contribution is -2.40. The lowest BCUT2D eigenvalue weighted by atomic mass is 9.96. The normalized spacial score (nSPS) is 19.2. The van der Waals surface area contributed by atoms with Crippen molar-refractivity contribution in [3.05, 3.63) is 79.9 Å². The van der Waals surface area contributed by atoms with Gasteiger partial charge in [0.05, 0.1) is 22.7 Å². The Hall–Kier alpha value is -2.84. The zero-order valence-corrected chi connectivity index (χ0v) is 18.1. The highest BCUT2D eigenvalue weighted by Crippen LogP contribution is 2.26. The van der Waals surface area contributed by atoms with Crippen LogP contribution in [0.15, 0.2) is 46.8 Å². The number of hydrogen-bond donors (Lipinski definition) is 1. The number of aromatic nitrogens is 3. The predicted octanol–water partition coefficient (Wildman–Crippen LogP) is 2.80. The molecule has 1 amide bonds. The molecule has 3 aromatic rings. The van der Waals surface area contributed by atoms with E-state index in [-0.39, 0.29) is 17.4 Å². The summed E-state index contributed by atoms with van der Waals surface area (Å²) in [6.07, 6.45) is 6.42. The predicted molar refractivity (Wildman–Crippen MR) is 119 cm³/mol. The first-order valence-corrected chi connectivity index (χ1v) is 11.6. The van der Waals surface area contributed by atoms with E-state index in [2.05, 4.69) is 20.9 Å². The monoisotopic (exact) mass is 435 g/mol. The summed E-state index contributed by atoms with van der Waals surface area (Å²) in [6, 6.07) is 7.76. The summed E-state index contributed by atoms with van der Waals surface area (Å²) in [6.45, 7) is 3.70. The van der Waals surface area contributed by atoms with Gasteiger partial charge >= 0.3 is 0 Å². The molecule has 2 aliphatic heterocycles. The van der Waals surface area contributed by atoms with Gasteiger partial charge in [-0.05, 0) is 42.5 Å². The summed E-state index contributed by atoms with van der Waals surface area (Å²) in [5, 5.41) is 1.90. The molecule has 0 bridgehead atoms. The van der Waals surface area contributed by atoms with Crippen LogP contribution in [0.5, 0.6) is 0 Å². The molecule has 8 heteroatoms. The second kappa shape index (κ2) is 8.72. The average molecular weight is 436 g/mol. The Bertz CT molecular complexity index is 1110. The molecule has 7 nitrogen and oxygen atoms in total. The molecule has 0 spiro atoms. The van der Waals surface area contributed by atoms with Crippen molar-refractivity contribution in [2.45, 2.75) is 38.3 Å². The van der Waals surface area contributed by atoms with E-state index in [1.54, 1.807) is 11.1 Å². The van der Waals surface area contributed by atoms with E-state index >= 15 is 0 Å². The minimum Gasteiger partial charge on any atom is -0.333 e. The van der Waals surface area contributed by atoms with Crippen molar-refractivity contribution >= 4 is 17.2 Å². The number of thiophene rings is 1. The van der Waals surface area contributed by atoms with Crippen LogP contribution in [0.25, 0.3) is 0 Å². The Morgan fingerprint density at radius 1 is 1.26 bits per heavy atom. The van der Waals surface area contributed by atoms with Gasteiger partial charge in [-0.3, -0.25) is 19.5 Å². The Morgan fingerprint density at radius 3 is 3.00 bits per heavy atom. The number of hydrogen-bond acceptors (Lipinski definition) is 6. The number of H-pyrrole nitrogens is 1. The van der Waals surface area contributed by atoms with Gasteiger partial charge in [0.25, 0.3) is 11.5 Å². The SMILES string of the molecule is O=C(c1cccs1)N1CCc2nc(C3CCCN(Cc4cccnc4)C3)[nH]c(=O)c2C1. The lowest BCUT2D eigenvalue weighted by molar-refractivity contribution is 0.0737. The highest BCUT2D eigenvalue weighted by atomic mass is 32.1. The molecule has 3 aromatic heterocycles. The van der Waals surface area contributed by atoms with Crippen molar-refractivity contribution in [3.63, 3.8) is 0 Å². The lowest BCUT2D eigenvalue weighted by Gasteiger charge is -2.33. The van der Waals surface area contributed by atoms with E-state index in [9.17, 15) is 9.59 Å². The first-order chi connectivity index (χ1) is 15.2. The van der Waals surface area contributed by atoms with Crippen molar-refractivity contribution in [1.82, 2.24) is 24.8 Å². The molecule has 2 aliphatic rings. The van der Waals surface area contributed by atoms with Gasteiger partial charge < -0.3 is 9.88 Å². The minimum absolute atomic E-state index is 0.0116. The largest absolute Gasteiger partial charge is 0.333 e. The van der Waals surface area contributed by atoms with E-state index in [0.29, 0.717) is 30.0 Å². The fourth-order valence-electron chi connectivity index (χ4n) is 4.54. The van der Waals surface area contributed by atoms with E-state index in [0.717, 1.165) is 44.0 Å². The summed E-state index contributed by atoms with van der Waals surface area (Å²) in [5.74, 6) is 0.995. The van der Waals surface area contributed by atoms with Gasteiger partial charge in [0.2, 0.25) is 0 Å². The molecular formula is C23H25N5O2S. The molecular weight excluding hydrogens is 410 g/mol. The molecule has 1 saturated heterocycles. The van der Waals surface area contributed by atoms with Crippen LogP contribution >= 0.6 is 11.3 Å². The molecule has 0 aliphatic carbocycles. The number of carbonyl (C=O) groups excluding carboxylic acids is 1. The third kappa shape index (κ3) is 4.31. The third-order valence-electron chi connectivity index (χ3n) is 6.13. The molecule has 5 rings (SSSR count). The number of nitrogens with zero attached hydrogens (tertiary/aromatic N) is 4. The topological polar surface area (TPSA) is 82.2 Å². The number of nitrogens with one attached hydrogen (secondary N) is 1. The second-order valence-electron chi connectivity index (χ2n) is 8.27. The average Bonchev–Trinajstić information content (AvgIpc) is 3.34. The van der Waals surface area contributed by atoms with Crippen LogP contribution in [0.2, 0.25) is 0 Å². The highest BCUT2D eigenvalue weighted by Gasteiger charge is 2.28. The quantitative estimate of drug-likeness (QED) is 0.682. The molecule has 160 valence electrons. The van der Waals surface area contributed by atoms with Crippen LogP contribution in [0.3, 0.4) is 0 Å². The molecule has 0 radical (unpaired) electrons. The molecule has 1 atom stereocenters. The Labute approximate surface area is 184 Å². The van der Waals surface area contributed by atoms with Gasteiger partial charge in [0.15, 0.2) is 0 Å². The second-order valence-corrected chi connectivity index (χ2v) is 9.21. The molecule has 31 heavy (non-hydrogen) atoms. The van der Waals surface area contributed by atoms with Crippen LogP contribution in [0.1, 0.15) is 51.1 Å². The van der Waals surface area contributed by atoms with Crippen molar-refractivity contribution in [1.29, 1.82) is 0 Å². The zero-order chi connectivity index (χ0) is 21.2. The number of aromatic amines is 1. The summed E-state index contributed by atoms with van der Waals surface area (Å²) < 4.78 is 0. The van der Waals surface area contributed by atoms with Crippen molar-refractivity contribution < 1.29 is 4.79 Å². The Balaban J connectivity index is 1.31. The van der Waals surface area contributed by atoms with Gasteiger partial charge in [-0.25, -0.2) is 4.98 Å². The number of rotatable bonds is 4. The first-order valence-electron chi connectivity index (χ1n) is 10.7. The summed E-state index contributed by atoms with van der Waals surface area (Å²) >= 11 is 1.43. The summed E-state index contributed by atoms with van der Waals surface area (Å²) in [7, 11) is 0. The van der Waals surface area contributed by atoms with E-state index < -0.39 is 0 Å². The van der Waals surface area contributed by atoms with E-state index in [4.69, 9.17) is 4.98 Å². The number of carbonyl (C=O) groups is 1. The number of amides is 1. The van der Waals surface area contributed by atoms with Gasteiger partial charge in [-0.15, -0.1) is 11.3 Å². The minimum atomic E-state index is -0.104. The fraction of sp³-hybridized carbons (Fsp3) is 0.391. The molecule has 1 unspecified atom stereocenters. The van der Waals surface area contributed by atoms with Gasteiger partial charge in [0, 0.05) is 44.4 Å². The third-order valence-corrected chi connectivity index (χ3v) is 6.99. The zero-order valence-electron chi connectivity index (χ0n) is 17.3. The van der Waals surface area contributed by atoms with Gasteiger partial charge in [0.1, 0.15) is 5.82 Å². The smallest absolute Gasteiger partial charge is 0.264 e. The maximum Gasteiger partial charge on any atom is 0.264 e. The van der Waals surface area contributed by atoms with Crippen LogP contribution in [-0.4, -0.2) is 50.3 Å². The van der Waals surface area contributed by atoms with Crippen molar-refractivity contribution in [2.75, 3.05) is 19.6 Å². The number of likely N-dealkylation sites (tertiary alicyclic amines) is 1. The maximum atomic E-state index is 12.9. The molecule has 0 aromatic carbocycles. The van der Waals surface area contributed by atoms with Crippen molar-refractivity contribution in [2.24, 2.45) is 0 Å². The number of pyridine rings is 1. The van der Waals surface area contributed by atoms with E-state index in [1.165, 1.54) is 16.9 Å². The van der Waals surface area contributed by atoms with Crippen molar-refractivity contribution in [3.8, 4) is 0 Å². The summed E-state index contributed by atoms with van der Waals surface area (Å²) in [5.41, 5.74) is 2.57. The molecule has 5 heterocycles. The highest BCUT2D eigenvalue weighted by molar-refractivity contribution is 7.12. The summed E-state index contributed by atoms with van der Waals surface area (Å²) in [4.78, 5) is 42.6. The van der Waals surface area contributed by atoms with Crippen LogP contribution in [0.4, 0.5) is 0 Å². The van der Waals surface area contributed by atoms with Gasteiger partial charge in [-0.2, -0.15) is 0 Å². The van der Waals surface area contributed by atoms with Crippen LogP contribution in [0, 0.1) is 0 Å². The molecule has 1 fully saturated rings. The number of fused-ring (bicyclic) bond motifs is 1. The standard InChI is InChI=1S/C23H25N5O2S/c29-22-18-15-28(23(30)20-6-3-11-31-20)10-7-19(18)25-21(26-22)17-5-2-9-27(14-17)13-16-4-1-8-24-12-16/h1,3-4,6,8,11-12,17H,2,5,7,9-10,13-15H2,(H,25,26,29).